The zero-order valence-electron chi connectivity index (χ0n) is 10.3. The van der Waals surface area contributed by atoms with Gasteiger partial charge in [-0.1, -0.05) is 0 Å². The van der Waals surface area contributed by atoms with Gasteiger partial charge >= 0.3 is 5.97 Å². The molecule has 1 aromatic rings. The maximum absolute atomic E-state index is 11.3. The molecule has 0 spiro atoms. The molecular formula is C11H17N3O2S. The molecule has 1 heterocycles. The third-order valence-electron chi connectivity index (χ3n) is 2.77. The number of methoxy groups -OCH3 is 1. The van der Waals surface area contributed by atoms with Crippen LogP contribution in [0.2, 0.25) is 0 Å². The zero-order chi connectivity index (χ0) is 12.4. The van der Waals surface area contributed by atoms with Crippen LogP contribution in [-0.2, 0) is 9.53 Å². The van der Waals surface area contributed by atoms with Crippen LogP contribution < -0.4 is 4.90 Å². The molecule has 0 bridgehead atoms. The van der Waals surface area contributed by atoms with Crippen LogP contribution in [0.3, 0.4) is 0 Å². The van der Waals surface area contributed by atoms with Gasteiger partial charge < -0.3 is 9.64 Å². The highest BCUT2D eigenvalue weighted by molar-refractivity contribution is 7.09. The number of nitrogens with zero attached hydrogens (tertiary/aromatic N) is 3. The van der Waals surface area contributed by atoms with Crippen LogP contribution in [0.5, 0.6) is 0 Å². The van der Waals surface area contributed by atoms with Gasteiger partial charge in [-0.3, -0.25) is 4.79 Å². The molecule has 0 N–H and O–H groups in total. The molecule has 6 heteroatoms. The van der Waals surface area contributed by atoms with E-state index in [9.17, 15) is 4.79 Å². The molecule has 1 saturated carbocycles. The van der Waals surface area contributed by atoms with Gasteiger partial charge in [0.05, 0.1) is 7.11 Å². The summed E-state index contributed by atoms with van der Waals surface area (Å²) in [5.74, 6) is 1.23. The van der Waals surface area contributed by atoms with Crippen LogP contribution in [0, 0.1) is 0 Å². The molecule has 0 amide bonds. The number of anilines is 1. The second kappa shape index (κ2) is 5.00. The molecule has 2 rings (SSSR count). The van der Waals surface area contributed by atoms with Gasteiger partial charge in [0.25, 0.3) is 0 Å². The number of hydrogen-bond acceptors (Lipinski definition) is 6. The minimum Gasteiger partial charge on any atom is -0.468 e. The lowest BCUT2D eigenvalue weighted by atomic mass is 10.3. The second-order valence-electron chi connectivity index (χ2n) is 4.51. The average Bonchev–Trinajstić information content (AvgIpc) is 3.04. The van der Waals surface area contributed by atoms with Crippen molar-refractivity contribution in [2.45, 2.75) is 38.6 Å². The number of rotatable bonds is 5. The van der Waals surface area contributed by atoms with Gasteiger partial charge in [-0.2, -0.15) is 4.37 Å². The first-order chi connectivity index (χ1) is 8.11. The fraction of sp³-hybridized carbons (Fsp3) is 0.727. The van der Waals surface area contributed by atoms with E-state index < -0.39 is 0 Å². The normalized spacial score (nSPS) is 15.1. The lowest BCUT2D eigenvalue weighted by Crippen LogP contribution is -2.36. The third-order valence-corrected chi connectivity index (χ3v) is 3.54. The summed E-state index contributed by atoms with van der Waals surface area (Å²) in [6, 6.07) is 0.203. The number of ether oxygens (including phenoxy) is 1. The van der Waals surface area contributed by atoms with Gasteiger partial charge in [0, 0.05) is 23.5 Å². The number of carbonyl (C=O) groups is 1. The molecule has 17 heavy (non-hydrogen) atoms. The molecule has 0 radical (unpaired) electrons. The van der Waals surface area contributed by atoms with Gasteiger partial charge in [-0.15, -0.1) is 0 Å². The summed E-state index contributed by atoms with van der Waals surface area (Å²) >= 11 is 1.36. The van der Waals surface area contributed by atoms with E-state index in [4.69, 9.17) is 4.74 Å². The van der Waals surface area contributed by atoms with Crippen molar-refractivity contribution < 1.29 is 9.53 Å². The standard InChI is InChI=1S/C11H17N3O2S/c1-7(2)14(6-9(15)16-3)11-12-10(13-17-11)8-4-5-8/h7-8H,4-6H2,1-3H3. The van der Waals surface area contributed by atoms with Crippen molar-refractivity contribution in [1.29, 1.82) is 0 Å². The monoisotopic (exact) mass is 255 g/mol. The van der Waals surface area contributed by atoms with E-state index in [1.54, 1.807) is 0 Å². The summed E-state index contributed by atoms with van der Waals surface area (Å²) in [6.45, 7) is 4.29. The SMILES string of the molecule is COC(=O)CN(c1nc(C2CC2)ns1)C(C)C. The lowest BCUT2D eigenvalue weighted by molar-refractivity contribution is -0.139. The van der Waals surface area contributed by atoms with E-state index >= 15 is 0 Å². The third kappa shape index (κ3) is 2.94. The molecule has 0 aromatic carbocycles. The quantitative estimate of drug-likeness (QED) is 0.751. The number of esters is 1. The Morgan fingerprint density at radius 2 is 2.29 bits per heavy atom. The average molecular weight is 255 g/mol. The van der Waals surface area contributed by atoms with Gasteiger partial charge in [-0.25, -0.2) is 4.98 Å². The van der Waals surface area contributed by atoms with Crippen molar-refractivity contribution >= 4 is 22.6 Å². The minimum atomic E-state index is -0.248. The van der Waals surface area contributed by atoms with Crippen molar-refractivity contribution in [3.8, 4) is 0 Å². The van der Waals surface area contributed by atoms with E-state index in [2.05, 4.69) is 9.36 Å². The Bertz CT molecular complexity index is 401. The van der Waals surface area contributed by atoms with Crippen LogP contribution in [0.25, 0.3) is 0 Å². The molecule has 5 nitrogen and oxygen atoms in total. The Morgan fingerprint density at radius 1 is 1.59 bits per heavy atom. The highest BCUT2D eigenvalue weighted by Gasteiger charge is 2.29. The van der Waals surface area contributed by atoms with Crippen molar-refractivity contribution in [3.63, 3.8) is 0 Å². The van der Waals surface area contributed by atoms with E-state index in [0.29, 0.717) is 5.92 Å². The summed E-state index contributed by atoms with van der Waals surface area (Å²) in [4.78, 5) is 17.8. The summed E-state index contributed by atoms with van der Waals surface area (Å²) in [5, 5.41) is 0.812. The van der Waals surface area contributed by atoms with Crippen molar-refractivity contribution in [3.05, 3.63) is 5.82 Å². The van der Waals surface area contributed by atoms with Gasteiger partial charge in [-0.05, 0) is 26.7 Å². The number of hydrogen-bond donors (Lipinski definition) is 0. The molecule has 94 valence electrons. The van der Waals surface area contributed by atoms with E-state index in [1.165, 1.54) is 31.5 Å². The Balaban J connectivity index is 2.10. The topological polar surface area (TPSA) is 55.3 Å². The highest BCUT2D eigenvalue weighted by Crippen LogP contribution is 2.39. The zero-order valence-corrected chi connectivity index (χ0v) is 11.2. The molecule has 0 saturated heterocycles. The van der Waals surface area contributed by atoms with Crippen LogP contribution in [-0.4, -0.2) is 35.0 Å². The maximum atomic E-state index is 11.3. The molecule has 0 unspecified atom stereocenters. The Morgan fingerprint density at radius 3 is 2.82 bits per heavy atom. The van der Waals surface area contributed by atoms with Gasteiger partial charge in [0.2, 0.25) is 5.13 Å². The van der Waals surface area contributed by atoms with Crippen LogP contribution in [0.1, 0.15) is 38.4 Å². The molecule has 1 fully saturated rings. The Kier molecular flexibility index (Phi) is 3.61. The molecule has 0 aliphatic heterocycles. The van der Waals surface area contributed by atoms with Crippen molar-refractivity contribution in [2.24, 2.45) is 0 Å². The molecular weight excluding hydrogens is 238 g/mol. The predicted molar refractivity (Wildman–Crippen MR) is 66.4 cm³/mol. The first kappa shape index (κ1) is 12.3. The molecule has 1 aliphatic carbocycles. The first-order valence-electron chi connectivity index (χ1n) is 5.79. The van der Waals surface area contributed by atoms with Crippen LogP contribution >= 0.6 is 11.5 Å². The Hall–Kier alpha value is -1.17. The highest BCUT2D eigenvalue weighted by atomic mass is 32.1. The summed E-state index contributed by atoms with van der Waals surface area (Å²) in [7, 11) is 1.40. The minimum absolute atomic E-state index is 0.203. The van der Waals surface area contributed by atoms with Crippen LogP contribution in [0.4, 0.5) is 5.13 Å². The van der Waals surface area contributed by atoms with Gasteiger partial charge in [0.1, 0.15) is 12.4 Å². The predicted octanol–water partition coefficient (Wildman–Crippen LogP) is 1.80. The van der Waals surface area contributed by atoms with Gasteiger partial charge in [0.15, 0.2) is 0 Å². The summed E-state index contributed by atoms with van der Waals surface area (Å²) in [5.41, 5.74) is 0. The summed E-state index contributed by atoms with van der Waals surface area (Å²) < 4.78 is 9.05. The van der Waals surface area contributed by atoms with Crippen molar-refractivity contribution in [1.82, 2.24) is 9.36 Å². The maximum Gasteiger partial charge on any atom is 0.325 e. The fourth-order valence-corrected chi connectivity index (χ4v) is 2.40. The number of carbonyl (C=O) groups excluding carboxylic acids is 1. The fourth-order valence-electron chi connectivity index (χ4n) is 1.53. The Labute approximate surface area is 105 Å². The second-order valence-corrected chi connectivity index (χ2v) is 5.24. The molecule has 0 atom stereocenters. The van der Waals surface area contributed by atoms with Crippen molar-refractivity contribution in [2.75, 3.05) is 18.6 Å². The van der Waals surface area contributed by atoms with E-state index in [0.717, 1.165) is 11.0 Å². The first-order valence-corrected chi connectivity index (χ1v) is 6.56. The molecule has 1 aliphatic rings. The summed E-state index contributed by atoms with van der Waals surface area (Å²) in [6.07, 6.45) is 2.38. The van der Waals surface area contributed by atoms with E-state index in [1.807, 2.05) is 18.7 Å². The lowest BCUT2D eigenvalue weighted by Gasteiger charge is -2.23. The van der Waals surface area contributed by atoms with Crippen LogP contribution in [0.15, 0.2) is 0 Å². The number of aromatic nitrogens is 2. The smallest absolute Gasteiger partial charge is 0.325 e. The largest absolute Gasteiger partial charge is 0.468 e. The molecule has 1 aromatic heterocycles. The van der Waals surface area contributed by atoms with E-state index in [-0.39, 0.29) is 18.6 Å².